The highest BCUT2D eigenvalue weighted by molar-refractivity contribution is 6.58. The van der Waals surface area contributed by atoms with Crippen LogP contribution in [0.2, 0.25) is 0 Å². The molecule has 0 atom stereocenters. The van der Waals surface area contributed by atoms with Gasteiger partial charge in [-0.25, -0.2) is 14.4 Å². The molecule has 1 aromatic heterocycles. The monoisotopic (exact) mass is 228 g/mol. The molecule has 0 aliphatic carbocycles. The van der Waals surface area contributed by atoms with E-state index in [-0.39, 0.29) is 31.3 Å². The van der Waals surface area contributed by atoms with Gasteiger partial charge in [0.1, 0.15) is 6.61 Å². The molecular formula is C8H10BFN2O4. The van der Waals surface area contributed by atoms with Gasteiger partial charge >= 0.3 is 13.1 Å². The summed E-state index contributed by atoms with van der Waals surface area (Å²) >= 11 is 0. The zero-order valence-electron chi connectivity index (χ0n) is 8.34. The number of aromatic nitrogens is 2. The van der Waals surface area contributed by atoms with Crippen LogP contribution in [0.1, 0.15) is 0 Å². The first kappa shape index (κ1) is 11.2. The summed E-state index contributed by atoms with van der Waals surface area (Å²) in [4.78, 5) is 7.40. The van der Waals surface area contributed by atoms with Crippen molar-refractivity contribution < 1.29 is 23.9 Å². The van der Waals surface area contributed by atoms with Gasteiger partial charge < -0.3 is 19.5 Å². The van der Waals surface area contributed by atoms with E-state index in [1.165, 1.54) is 12.4 Å². The third kappa shape index (κ3) is 2.46. The first-order valence-corrected chi connectivity index (χ1v) is 4.67. The van der Waals surface area contributed by atoms with Gasteiger partial charge in [-0.15, -0.1) is 0 Å². The molecule has 1 saturated heterocycles. The standard InChI is InChI=1S/C8H10BFN2O4/c10-8(3-15-4-8)5-16-7-11-1-6(2-12-7)9(13)14/h1-2,13-14H,3-5H2. The topological polar surface area (TPSA) is 84.7 Å². The highest BCUT2D eigenvalue weighted by Gasteiger charge is 2.40. The van der Waals surface area contributed by atoms with Crippen LogP contribution in [0.5, 0.6) is 6.01 Å². The molecule has 0 bridgehead atoms. The first-order chi connectivity index (χ1) is 7.59. The lowest BCUT2D eigenvalue weighted by molar-refractivity contribution is -0.147. The van der Waals surface area contributed by atoms with Gasteiger partial charge in [0.05, 0.1) is 13.2 Å². The van der Waals surface area contributed by atoms with Crippen LogP contribution in [0.25, 0.3) is 0 Å². The Morgan fingerprint density at radius 3 is 2.50 bits per heavy atom. The minimum atomic E-state index is -1.62. The smallest absolute Gasteiger partial charge is 0.460 e. The molecule has 2 heterocycles. The lowest BCUT2D eigenvalue weighted by Crippen LogP contribution is -2.50. The molecule has 0 saturated carbocycles. The van der Waals surface area contributed by atoms with Crippen molar-refractivity contribution >= 4 is 12.6 Å². The number of hydrogen-bond acceptors (Lipinski definition) is 6. The number of nitrogens with zero attached hydrogens (tertiary/aromatic N) is 2. The first-order valence-electron chi connectivity index (χ1n) is 4.67. The second-order valence-corrected chi connectivity index (χ2v) is 3.61. The van der Waals surface area contributed by atoms with Crippen LogP contribution >= 0.6 is 0 Å². The molecule has 2 rings (SSSR count). The SMILES string of the molecule is OB(O)c1cnc(OCC2(F)COC2)nc1. The minimum absolute atomic E-state index is 0.00618. The zero-order chi connectivity index (χ0) is 11.6. The van der Waals surface area contributed by atoms with Crippen LogP contribution in [-0.2, 0) is 4.74 Å². The molecule has 0 amide bonds. The minimum Gasteiger partial charge on any atom is -0.460 e. The van der Waals surface area contributed by atoms with E-state index < -0.39 is 12.8 Å². The molecular weight excluding hydrogens is 218 g/mol. The van der Waals surface area contributed by atoms with E-state index in [1.54, 1.807) is 0 Å². The third-order valence-corrected chi connectivity index (χ3v) is 2.13. The molecule has 0 aromatic carbocycles. The van der Waals surface area contributed by atoms with Crippen LogP contribution in [0.15, 0.2) is 12.4 Å². The molecule has 2 N–H and O–H groups in total. The molecule has 8 heteroatoms. The Balaban J connectivity index is 1.90. The van der Waals surface area contributed by atoms with Crippen LogP contribution < -0.4 is 10.2 Å². The van der Waals surface area contributed by atoms with Gasteiger partial charge in [-0.05, 0) is 0 Å². The van der Waals surface area contributed by atoms with Crippen LogP contribution in [0.4, 0.5) is 4.39 Å². The molecule has 16 heavy (non-hydrogen) atoms. The van der Waals surface area contributed by atoms with Crippen molar-refractivity contribution in [3.05, 3.63) is 12.4 Å². The average Bonchev–Trinajstić information content (AvgIpc) is 2.24. The summed E-state index contributed by atoms with van der Waals surface area (Å²) in [6.07, 6.45) is 2.41. The summed E-state index contributed by atoms with van der Waals surface area (Å²) in [5.41, 5.74) is -1.31. The fraction of sp³-hybridized carbons (Fsp3) is 0.500. The molecule has 6 nitrogen and oxygen atoms in total. The highest BCUT2D eigenvalue weighted by atomic mass is 19.1. The van der Waals surface area contributed by atoms with Crippen molar-refractivity contribution in [2.75, 3.05) is 19.8 Å². The van der Waals surface area contributed by atoms with E-state index >= 15 is 0 Å². The second kappa shape index (κ2) is 4.32. The van der Waals surface area contributed by atoms with E-state index in [1.807, 2.05) is 0 Å². The quantitative estimate of drug-likeness (QED) is 0.596. The van der Waals surface area contributed by atoms with Gasteiger partial charge in [-0.1, -0.05) is 0 Å². The normalized spacial score (nSPS) is 17.7. The van der Waals surface area contributed by atoms with Gasteiger partial charge in [0.25, 0.3) is 0 Å². The lowest BCUT2D eigenvalue weighted by atomic mass is 9.83. The fourth-order valence-corrected chi connectivity index (χ4v) is 1.13. The summed E-state index contributed by atoms with van der Waals surface area (Å²) in [5, 5.41) is 17.6. The number of alkyl halides is 1. The summed E-state index contributed by atoms with van der Waals surface area (Å²) in [7, 11) is -1.62. The summed E-state index contributed by atoms with van der Waals surface area (Å²) in [5.74, 6) is 0. The van der Waals surface area contributed by atoms with E-state index in [4.69, 9.17) is 19.5 Å². The van der Waals surface area contributed by atoms with E-state index in [9.17, 15) is 4.39 Å². The maximum Gasteiger partial charge on any atom is 0.491 e. The van der Waals surface area contributed by atoms with Gasteiger partial charge in [-0.2, -0.15) is 0 Å². The van der Waals surface area contributed by atoms with Crippen LogP contribution in [0, 0.1) is 0 Å². The third-order valence-electron chi connectivity index (χ3n) is 2.13. The Kier molecular flexibility index (Phi) is 3.04. The number of ether oxygens (including phenoxy) is 2. The van der Waals surface area contributed by atoms with Gasteiger partial charge in [-0.3, -0.25) is 0 Å². The molecule has 1 fully saturated rings. The van der Waals surface area contributed by atoms with Gasteiger partial charge in [0.15, 0.2) is 5.67 Å². The second-order valence-electron chi connectivity index (χ2n) is 3.61. The molecule has 0 radical (unpaired) electrons. The maximum atomic E-state index is 13.4. The highest BCUT2D eigenvalue weighted by Crippen LogP contribution is 2.22. The molecule has 86 valence electrons. The number of halogens is 1. The van der Waals surface area contributed by atoms with Crippen molar-refractivity contribution in [3.63, 3.8) is 0 Å². The maximum absolute atomic E-state index is 13.4. The van der Waals surface area contributed by atoms with E-state index in [2.05, 4.69) is 9.97 Å². The number of rotatable bonds is 4. The van der Waals surface area contributed by atoms with E-state index in [0.717, 1.165) is 0 Å². The van der Waals surface area contributed by atoms with Crippen LogP contribution in [0.3, 0.4) is 0 Å². The Morgan fingerprint density at radius 2 is 2.06 bits per heavy atom. The van der Waals surface area contributed by atoms with Gasteiger partial charge in [0.2, 0.25) is 0 Å². The van der Waals surface area contributed by atoms with Crippen molar-refractivity contribution in [2.24, 2.45) is 0 Å². The van der Waals surface area contributed by atoms with Crippen molar-refractivity contribution in [3.8, 4) is 6.01 Å². The fourth-order valence-electron chi connectivity index (χ4n) is 1.13. The van der Waals surface area contributed by atoms with Crippen molar-refractivity contribution in [2.45, 2.75) is 5.67 Å². The Hall–Kier alpha value is -1.25. The largest absolute Gasteiger partial charge is 0.491 e. The molecule has 1 aliphatic heterocycles. The van der Waals surface area contributed by atoms with Crippen LogP contribution in [-0.4, -0.2) is 52.6 Å². The van der Waals surface area contributed by atoms with Crippen molar-refractivity contribution in [1.29, 1.82) is 0 Å². The predicted molar refractivity (Wildman–Crippen MR) is 52.0 cm³/mol. The lowest BCUT2D eigenvalue weighted by Gasteiger charge is -2.32. The van der Waals surface area contributed by atoms with E-state index in [0.29, 0.717) is 0 Å². The average molecular weight is 228 g/mol. The van der Waals surface area contributed by atoms with Crippen molar-refractivity contribution in [1.82, 2.24) is 9.97 Å². The Morgan fingerprint density at radius 1 is 1.44 bits per heavy atom. The molecule has 1 aliphatic rings. The zero-order valence-corrected chi connectivity index (χ0v) is 8.34. The molecule has 0 unspecified atom stereocenters. The Labute approximate surface area is 91.2 Å². The molecule has 1 aromatic rings. The van der Waals surface area contributed by atoms with Gasteiger partial charge in [0, 0.05) is 17.9 Å². The number of hydrogen-bond donors (Lipinski definition) is 2. The Bertz CT molecular complexity index is 358. The molecule has 0 spiro atoms. The summed E-state index contributed by atoms with van der Waals surface area (Å²) in [6, 6.07) is -0.00618. The summed E-state index contributed by atoms with van der Waals surface area (Å²) in [6.45, 7) is -0.144. The predicted octanol–water partition coefficient (Wildman–Crippen LogP) is -1.73. The summed E-state index contributed by atoms with van der Waals surface area (Å²) < 4.78 is 23.1.